The van der Waals surface area contributed by atoms with Crippen molar-refractivity contribution >= 4 is 23.2 Å². The van der Waals surface area contributed by atoms with Crippen molar-refractivity contribution in [2.45, 2.75) is 52.4 Å². The van der Waals surface area contributed by atoms with E-state index in [0.717, 1.165) is 17.7 Å². The highest BCUT2D eigenvalue weighted by Gasteiger charge is 2.20. The van der Waals surface area contributed by atoms with Gasteiger partial charge in [0.25, 0.3) is 5.56 Å². The molecule has 4 nitrogen and oxygen atoms in total. The average Bonchev–Trinajstić information content (AvgIpc) is 2.97. The van der Waals surface area contributed by atoms with Crippen LogP contribution in [-0.2, 0) is 30.7 Å². The first-order valence-electron chi connectivity index (χ1n) is 9.66. The lowest BCUT2D eigenvalue weighted by molar-refractivity contribution is -0.0169. The van der Waals surface area contributed by atoms with E-state index in [4.69, 9.17) is 27.9 Å². The van der Waals surface area contributed by atoms with E-state index in [2.05, 4.69) is 17.2 Å². The van der Waals surface area contributed by atoms with Crippen LogP contribution >= 0.6 is 23.2 Å². The van der Waals surface area contributed by atoms with E-state index in [0.29, 0.717) is 35.2 Å². The van der Waals surface area contributed by atoms with E-state index in [9.17, 15) is 4.79 Å². The van der Waals surface area contributed by atoms with Crippen LogP contribution in [0.15, 0.2) is 53.3 Å². The number of aryl methyl sites for hydroxylation is 2. The van der Waals surface area contributed by atoms with Crippen LogP contribution in [0.5, 0.6) is 0 Å². The number of ether oxygens (including phenoxy) is 1. The fraction of sp³-hybridized carbons (Fsp3) is 0.348. The van der Waals surface area contributed by atoms with Crippen LogP contribution in [0.4, 0.5) is 0 Å². The van der Waals surface area contributed by atoms with Crippen molar-refractivity contribution in [3.63, 3.8) is 0 Å². The standard InChI is InChI=1S/C23H26Cl2N2O2/c1-23(2,3)29-15-21-18(14-17-19(24)10-7-11-20(17)25)22(28)27(26-21)13-12-16-8-5-4-6-9-16/h4-11,26H,12-15H2,1-3H3. The zero-order valence-corrected chi connectivity index (χ0v) is 18.5. The quantitative estimate of drug-likeness (QED) is 0.525. The van der Waals surface area contributed by atoms with Crippen LogP contribution in [0, 0.1) is 0 Å². The summed E-state index contributed by atoms with van der Waals surface area (Å²) >= 11 is 12.7. The average molecular weight is 433 g/mol. The minimum absolute atomic E-state index is 0.0653. The molecule has 154 valence electrons. The molecule has 0 bridgehead atoms. The van der Waals surface area contributed by atoms with Gasteiger partial charge in [-0.3, -0.25) is 14.6 Å². The van der Waals surface area contributed by atoms with Gasteiger partial charge in [0.15, 0.2) is 0 Å². The molecule has 0 aliphatic carbocycles. The Hall–Kier alpha value is -2.01. The molecule has 0 saturated heterocycles. The van der Waals surface area contributed by atoms with Crippen molar-refractivity contribution in [2.24, 2.45) is 0 Å². The van der Waals surface area contributed by atoms with Crippen LogP contribution in [-0.4, -0.2) is 15.4 Å². The lowest BCUT2D eigenvalue weighted by atomic mass is 10.1. The number of rotatable bonds is 7. The van der Waals surface area contributed by atoms with Crippen LogP contribution in [0.1, 0.15) is 43.2 Å². The van der Waals surface area contributed by atoms with Crippen molar-refractivity contribution in [3.8, 4) is 0 Å². The fourth-order valence-electron chi connectivity index (χ4n) is 3.08. The van der Waals surface area contributed by atoms with Gasteiger partial charge in [-0.25, -0.2) is 0 Å². The summed E-state index contributed by atoms with van der Waals surface area (Å²) in [6.45, 7) is 6.84. The second-order valence-corrected chi connectivity index (χ2v) is 8.85. The van der Waals surface area contributed by atoms with Crippen molar-refractivity contribution in [1.82, 2.24) is 9.78 Å². The first-order chi connectivity index (χ1) is 13.7. The summed E-state index contributed by atoms with van der Waals surface area (Å²) in [5.74, 6) is 0. The number of aromatic nitrogens is 2. The predicted molar refractivity (Wildman–Crippen MR) is 119 cm³/mol. The molecule has 0 radical (unpaired) electrons. The molecule has 6 heteroatoms. The van der Waals surface area contributed by atoms with Gasteiger partial charge in [0.1, 0.15) is 0 Å². The van der Waals surface area contributed by atoms with E-state index in [1.54, 1.807) is 22.9 Å². The van der Waals surface area contributed by atoms with Gasteiger partial charge >= 0.3 is 0 Å². The molecule has 0 spiro atoms. The third-order valence-electron chi connectivity index (χ3n) is 4.67. The van der Waals surface area contributed by atoms with E-state index in [-0.39, 0.29) is 11.2 Å². The first-order valence-corrected chi connectivity index (χ1v) is 10.4. The van der Waals surface area contributed by atoms with E-state index < -0.39 is 0 Å². The summed E-state index contributed by atoms with van der Waals surface area (Å²) in [5.41, 5.74) is 2.94. The maximum absolute atomic E-state index is 13.2. The Bertz CT molecular complexity index is 997. The lowest BCUT2D eigenvalue weighted by Gasteiger charge is -2.19. The van der Waals surface area contributed by atoms with Crippen LogP contribution in [0.25, 0.3) is 0 Å². The summed E-state index contributed by atoms with van der Waals surface area (Å²) in [6, 6.07) is 15.5. The molecule has 0 saturated carbocycles. The fourth-order valence-corrected chi connectivity index (χ4v) is 3.62. The van der Waals surface area contributed by atoms with E-state index >= 15 is 0 Å². The molecule has 1 N–H and O–H groups in total. The predicted octanol–water partition coefficient (Wildman–Crippen LogP) is 5.63. The topological polar surface area (TPSA) is 47.0 Å². The molecule has 0 aliphatic heterocycles. The molecule has 0 fully saturated rings. The minimum atomic E-state index is -0.317. The third-order valence-corrected chi connectivity index (χ3v) is 5.38. The molecule has 1 heterocycles. The van der Waals surface area contributed by atoms with Gasteiger partial charge in [0, 0.05) is 28.6 Å². The van der Waals surface area contributed by atoms with Crippen LogP contribution in [0.3, 0.4) is 0 Å². The molecule has 2 aromatic carbocycles. The molecule has 0 unspecified atom stereocenters. The van der Waals surface area contributed by atoms with Gasteiger partial charge in [-0.05, 0) is 50.5 Å². The minimum Gasteiger partial charge on any atom is -0.370 e. The normalized spacial score (nSPS) is 11.8. The highest BCUT2D eigenvalue weighted by molar-refractivity contribution is 6.36. The third kappa shape index (κ3) is 5.75. The second-order valence-electron chi connectivity index (χ2n) is 8.04. The lowest BCUT2D eigenvalue weighted by Crippen LogP contribution is -2.21. The smallest absolute Gasteiger partial charge is 0.270 e. The SMILES string of the molecule is CC(C)(C)OCc1[nH]n(CCc2ccccc2)c(=O)c1Cc1c(Cl)cccc1Cl. The number of halogens is 2. The molecular weight excluding hydrogens is 407 g/mol. The first kappa shape index (κ1) is 21.7. The van der Waals surface area contributed by atoms with Gasteiger partial charge in [-0.15, -0.1) is 0 Å². The second kappa shape index (κ2) is 9.21. The number of hydrogen-bond donors (Lipinski definition) is 1. The van der Waals surface area contributed by atoms with E-state index in [1.165, 1.54) is 5.56 Å². The Morgan fingerprint density at radius 1 is 0.966 bits per heavy atom. The number of benzene rings is 2. The summed E-state index contributed by atoms with van der Waals surface area (Å²) < 4.78 is 7.58. The molecule has 1 aromatic heterocycles. The van der Waals surface area contributed by atoms with Gasteiger partial charge in [-0.2, -0.15) is 0 Å². The van der Waals surface area contributed by atoms with Gasteiger partial charge < -0.3 is 4.74 Å². The highest BCUT2D eigenvalue weighted by Crippen LogP contribution is 2.27. The molecule has 3 aromatic rings. The van der Waals surface area contributed by atoms with Crippen molar-refractivity contribution < 1.29 is 4.74 Å². The Kier molecular flexibility index (Phi) is 6.89. The number of nitrogens with zero attached hydrogens (tertiary/aromatic N) is 1. The summed E-state index contributed by atoms with van der Waals surface area (Å²) in [4.78, 5) is 13.2. The van der Waals surface area contributed by atoms with Gasteiger partial charge in [0.05, 0.1) is 17.9 Å². The van der Waals surface area contributed by atoms with Crippen molar-refractivity contribution in [1.29, 1.82) is 0 Å². The van der Waals surface area contributed by atoms with E-state index in [1.807, 2.05) is 39.0 Å². The van der Waals surface area contributed by atoms with Gasteiger partial charge in [-0.1, -0.05) is 59.6 Å². The largest absolute Gasteiger partial charge is 0.370 e. The number of aromatic amines is 1. The molecule has 29 heavy (non-hydrogen) atoms. The Balaban J connectivity index is 1.91. The summed E-state index contributed by atoms with van der Waals surface area (Å²) in [6.07, 6.45) is 1.11. The van der Waals surface area contributed by atoms with Gasteiger partial charge in [0.2, 0.25) is 0 Å². The number of H-pyrrole nitrogens is 1. The Morgan fingerprint density at radius 3 is 2.24 bits per heavy atom. The maximum Gasteiger partial charge on any atom is 0.270 e. The monoisotopic (exact) mass is 432 g/mol. The zero-order valence-electron chi connectivity index (χ0n) is 17.0. The number of nitrogens with one attached hydrogen (secondary N) is 1. The highest BCUT2D eigenvalue weighted by atomic mass is 35.5. The maximum atomic E-state index is 13.2. The van der Waals surface area contributed by atoms with Crippen LogP contribution < -0.4 is 5.56 Å². The summed E-state index contributed by atoms with van der Waals surface area (Å²) in [7, 11) is 0. The molecule has 3 rings (SSSR count). The molecule has 0 amide bonds. The van der Waals surface area contributed by atoms with Crippen molar-refractivity contribution in [2.75, 3.05) is 0 Å². The van der Waals surface area contributed by atoms with Crippen molar-refractivity contribution in [3.05, 3.63) is 91.3 Å². The molecule has 0 aliphatic rings. The Morgan fingerprint density at radius 2 is 1.62 bits per heavy atom. The molecular formula is C23H26Cl2N2O2. The number of hydrogen-bond acceptors (Lipinski definition) is 2. The Labute approximate surface area is 181 Å². The molecule has 0 atom stereocenters. The summed E-state index contributed by atoms with van der Waals surface area (Å²) in [5, 5.41) is 4.35. The van der Waals surface area contributed by atoms with Crippen LogP contribution in [0.2, 0.25) is 10.0 Å². The zero-order chi connectivity index (χ0) is 21.0.